The summed E-state index contributed by atoms with van der Waals surface area (Å²) in [6.45, 7) is 2.41. The Kier molecular flexibility index (Phi) is 6.63. The van der Waals surface area contributed by atoms with Gasteiger partial charge in [-0.2, -0.15) is 0 Å². The highest BCUT2D eigenvalue weighted by Gasteiger charge is 2.13. The molecule has 4 aromatic rings. The minimum Gasteiger partial charge on any atom is -0.459 e. The molecular formula is C26H22N2O3S. The number of hydrogen-bond acceptors (Lipinski definition) is 4. The van der Waals surface area contributed by atoms with E-state index in [9.17, 15) is 9.59 Å². The van der Waals surface area contributed by atoms with Crippen LogP contribution in [0.3, 0.4) is 0 Å². The molecule has 2 aromatic carbocycles. The van der Waals surface area contributed by atoms with Crippen molar-refractivity contribution in [1.29, 1.82) is 0 Å². The number of amides is 2. The molecule has 0 bridgehead atoms. The first-order chi connectivity index (χ1) is 15.6. The van der Waals surface area contributed by atoms with Gasteiger partial charge in [-0.25, -0.2) is 0 Å². The van der Waals surface area contributed by atoms with Gasteiger partial charge >= 0.3 is 0 Å². The predicted molar refractivity (Wildman–Crippen MR) is 128 cm³/mol. The van der Waals surface area contributed by atoms with E-state index in [1.54, 1.807) is 24.3 Å². The number of furan rings is 1. The fourth-order valence-corrected chi connectivity index (χ4v) is 3.93. The summed E-state index contributed by atoms with van der Waals surface area (Å²) in [5.74, 6) is -0.190. The Bertz CT molecular complexity index is 1220. The molecule has 2 N–H and O–H groups in total. The Balaban J connectivity index is 1.42. The number of nitrogens with one attached hydrogen (secondary N) is 2. The predicted octanol–water partition coefficient (Wildman–Crippen LogP) is 5.76. The van der Waals surface area contributed by atoms with Crippen molar-refractivity contribution in [3.63, 3.8) is 0 Å². The molecule has 2 amide bonds. The molecule has 2 heterocycles. The van der Waals surface area contributed by atoms with Gasteiger partial charge in [0.25, 0.3) is 11.8 Å². The van der Waals surface area contributed by atoms with Crippen LogP contribution in [0.15, 0.2) is 88.9 Å². The number of rotatable bonds is 7. The van der Waals surface area contributed by atoms with Crippen molar-refractivity contribution in [3.05, 3.63) is 112 Å². The molecule has 0 fully saturated rings. The quantitative estimate of drug-likeness (QED) is 0.358. The lowest BCUT2D eigenvalue weighted by Gasteiger charge is -2.10. The van der Waals surface area contributed by atoms with Crippen LogP contribution in [0.5, 0.6) is 0 Å². The molecule has 0 aliphatic rings. The SMILES string of the molecule is Cc1cccc(C=C(C(=O)NCc2ccc(NC(=O)c3ccco3)cc2)c2cccs2)c1. The van der Waals surface area contributed by atoms with E-state index < -0.39 is 0 Å². The molecule has 32 heavy (non-hydrogen) atoms. The van der Waals surface area contributed by atoms with Crippen LogP contribution in [-0.2, 0) is 11.3 Å². The number of hydrogen-bond donors (Lipinski definition) is 2. The highest BCUT2D eigenvalue weighted by atomic mass is 32.1. The van der Waals surface area contributed by atoms with Crippen molar-refractivity contribution in [3.8, 4) is 0 Å². The second-order valence-corrected chi connectivity index (χ2v) is 8.21. The summed E-state index contributed by atoms with van der Waals surface area (Å²) >= 11 is 1.53. The van der Waals surface area contributed by atoms with Gasteiger partial charge in [0, 0.05) is 17.1 Å². The number of benzene rings is 2. The summed E-state index contributed by atoms with van der Waals surface area (Å²) in [6.07, 6.45) is 3.37. The van der Waals surface area contributed by atoms with Crippen LogP contribution in [-0.4, -0.2) is 11.8 Å². The first kappa shape index (κ1) is 21.3. The molecule has 0 atom stereocenters. The van der Waals surface area contributed by atoms with Crippen molar-refractivity contribution in [2.75, 3.05) is 5.32 Å². The zero-order valence-electron chi connectivity index (χ0n) is 17.5. The fraction of sp³-hybridized carbons (Fsp3) is 0.0769. The third-order valence-corrected chi connectivity index (χ3v) is 5.70. The van der Waals surface area contributed by atoms with Gasteiger partial charge in [0.05, 0.1) is 11.8 Å². The molecule has 0 saturated carbocycles. The molecule has 6 heteroatoms. The van der Waals surface area contributed by atoms with Crippen LogP contribution < -0.4 is 10.6 Å². The topological polar surface area (TPSA) is 71.3 Å². The minimum absolute atomic E-state index is 0.135. The second-order valence-electron chi connectivity index (χ2n) is 7.26. The van der Waals surface area contributed by atoms with Crippen LogP contribution in [0, 0.1) is 6.92 Å². The highest BCUT2D eigenvalue weighted by molar-refractivity contribution is 7.11. The van der Waals surface area contributed by atoms with Crippen LogP contribution in [0.4, 0.5) is 5.69 Å². The molecule has 0 spiro atoms. The number of carbonyl (C=O) groups excluding carboxylic acids is 2. The summed E-state index contributed by atoms with van der Waals surface area (Å²) in [6, 6.07) is 22.5. The average Bonchev–Trinajstić information content (AvgIpc) is 3.51. The van der Waals surface area contributed by atoms with E-state index in [-0.39, 0.29) is 17.6 Å². The van der Waals surface area contributed by atoms with Crippen LogP contribution in [0.2, 0.25) is 0 Å². The lowest BCUT2D eigenvalue weighted by atomic mass is 10.1. The first-order valence-electron chi connectivity index (χ1n) is 10.1. The highest BCUT2D eigenvalue weighted by Crippen LogP contribution is 2.24. The molecule has 0 saturated heterocycles. The molecule has 0 aliphatic carbocycles. The second kappa shape index (κ2) is 9.94. The zero-order chi connectivity index (χ0) is 22.3. The minimum atomic E-state index is -0.307. The normalized spacial score (nSPS) is 11.2. The van der Waals surface area contributed by atoms with E-state index in [0.717, 1.165) is 21.6 Å². The number of carbonyl (C=O) groups is 2. The Morgan fingerprint density at radius 2 is 1.84 bits per heavy atom. The molecule has 160 valence electrons. The van der Waals surface area contributed by atoms with Crippen molar-refractivity contribution < 1.29 is 14.0 Å². The van der Waals surface area contributed by atoms with Gasteiger partial charge < -0.3 is 15.1 Å². The van der Waals surface area contributed by atoms with Gasteiger partial charge in [-0.1, -0.05) is 48.0 Å². The van der Waals surface area contributed by atoms with Crippen LogP contribution >= 0.6 is 11.3 Å². The zero-order valence-corrected chi connectivity index (χ0v) is 18.3. The molecule has 0 aliphatic heterocycles. The summed E-state index contributed by atoms with van der Waals surface area (Å²) < 4.78 is 5.09. The number of aryl methyl sites for hydroxylation is 1. The van der Waals surface area contributed by atoms with E-state index >= 15 is 0 Å². The first-order valence-corrected chi connectivity index (χ1v) is 11.0. The molecular weight excluding hydrogens is 420 g/mol. The van der Waals surface area contributed by atoms with Gasteiger partial charge in [-0.05, 0) is 59.8 Å². The van der Waals surface area contributed by atoms with Crippen LogP contribution in [0.1, 0.15) is 32.1 Å². The van der Waals surface area contributed by atoms with Gasteiger partial charge in [0.15, 0.2) is 5.76 Å². The Morgan fingerprint density at radius 1 is 1.00 bits per heavy atom. The van der Waals surface area contributed by atoms with Crippen LogP contribution in [0.25, 0.3) is 11.6 Å². The standard InChI is InChI=1S/C26H22N2O3S/c1-18-5-2-6-20(15-18)16-22(24-8-4-14-32-24)25(29)27-17-19-9-11-21(12-10-19)28-26(30)23-7-3-13-31-23/h2-16H,17H2,1H3,(H,27,29)(H,28,30). The van der Waals surface area contributed by atoms with Crippen molar-refractivity contribution in [2.45, 2.75) is 13.5 Å². The molecule has 2 aromatic heterocycles. The number of anilines is 1. The maximum atomic E-state index is 13.0. The summed E-state index contributed by atoms with van der Waals surface area (Å²) in [5, 5.41) is 7.74. The van der Waals surface area contributed by atoms with E-state index in [4.69, 9.17) is 4.42 Å². The van der Waals surface area contributed by atoms with Gasteiger partial charge in [-0.3, -0.25) is 9.59 Å². The maximum Gasteiger partial charge on any atom is 0.291 e. The Labute approximate surface area is 190 Å². The Morgan fingerprint density at radius 3 is 2.53 bits per heavy atom. The monoisotopic (exact) mass is 442 g/mol. The van der Waals surface area contributed by atoms with E-state index in [2.05, 4.69) is 16.7 Å². The average molecular weight is 443 g/mol. The van der Waals surface area contributed by atoms with Crippen molar-refractivity contribution in [1.82, 2.24) is 5.32 Å². The Hall–Kier alpha value is -3.90. The number of thiophene rings is 1. The van der Waals surface area contributed by atoms with E-state index in [1.807, 2.05) is 60.8 Å². The summed E-state index contributed by atoms with van der Waals surface area (Å²) in [4.78, 5) is 26.0. The maximum absolute atomic E-state index is 13.0. The van der Waals surface area contributed by atoms with E-state index in [0.29, 0.717) is 17.8 Å². The molecule has 4 rings (SSSR count). The lowest BCUT2D eigenvalue weighted by Crippen LogP contribution is -2.23. The summed E-state index contributed by atoms with van der Waals surface area (Å²) in [7, 11) is 0. The fourth-order valence-electron chi connectivity index (χ4n) is 3.19. The van der Waals surface area contributed by atoms with Gasteiger partial charge in [0.2, 0.25) is 0 Å². The van der Waals surface area contributed by atoms with Gasteiger partial charge in [0.1, 0.15) is 0 Å². The van der Waals surface area contributed by atoms with Crippen molar-refractivity contribution >= 4 is 40.5 Å². The third-order valence-electron chi connectivity index (χ3n) is 4.79. The molecule has 5 nitrogen and oxygen atoms in total. The third kappa shape index (κ3) is 5.42. The molecule has 0 radical (unpaired) electrons. The molecule has 0 unspecified atom stereocenters. The largest absolute Gasteiger partial charge is 0.459 e. The van der Waals surface area contributed by atoms with Gasteiger partial charge in [-0.15, -0.1) is 11.3 Å². The van der Waals surface area contributed by atoms with E-state index in [1.165, 1.54) is 17.6 Å². The summed E-state index contributed by atoms with van der Waals surface area (Å²) in [5.41, 5.74) is 4.34. The van der Waals surface area contributed by atoms with Crippen molar-refractivity contribution in [2.24, 2.45) is 0 Å². The lowest BCUT2D eigenvalue weighted by molar-refractivity contribution is -0.115. The smallest absolute Gasteiger partial charge is 0.291 e.